The molecule has 0 atom stereocenters. The van der Waals surface area contributed by atoms with Crippen molar-refractivity contribution in [3.05, 3.63) is 46.7 Å². The summed E-state index contributed by atoms with van der Waals surface area (Å²) in [7, 11) is 0. The highest BCUT2D eigenvalue weighted by molar-refractivity contribution is 6.53. The maximum absolute atomic E-state index is 12.4. The fourth-order valence-corrected chi connectivity index (χ4v) is 3.22. The molecule has 5 heteroatoms. The Kier molecular flexibility index (Phi) is 2.60. The van der Waals surface area contributed by atoms with Gasteiger partial charge in [0.25, 0.3) is 0 Å². The van der Waals surface area contributed by atoms with Gasteiger partial charge in [-0.3, -0.25) is 14.4 Å². The molecular formula is C17H13NO4. The zero-order chi connectivity index (χ0) is 15.4. The number of fused-ring (bicyclic) bond motifs is 5. The van der Waals surface area contributed by atoms with E-state index in [4.69, 9.17) is 4.42 Å². The van der Waals surface area contributed by atoms with Crippen molar-refractivity contribution in [3.8, 4) is 11.3 Å². The first-order chi connectivity index (χ1) is 10.6. The SMILES string of the molecule is CC(=O)N1CCc2c(oc3c2C(=O)C(=O)c2ccccc2-3)C1. The van der Waals surface area contributed by atoms with Crippen molar-refractivity contribution in [1.29, 1.82) is 0 Å². The van der Waals surface area contributed by atoms with E-state index in [1.165, 1.54) is 6.92 Å². The van der Waals surface area contributed by atoms with Crippen molar-refractivity contribution in [1.82, 2.24) is 4.90 Å². The summed E-state index contributed by atoms with van der Waals surface area (Å²) < 4.78 is 5.89. The summed E-state index contributed by atoms with van der Waals surface area (Å²) in [5.41, 5.74) is 2.21. The number of nitrogens with zero attached hydrogens (tertiary/aromatic N) is 1. The molecule has 22 heavy (non-hydrogen) atoms. The predicted octanol–water partition coefficient (Wildman–Crippen LogP) is 2.23. The molecule has 0 N–H and O–H groups in total. The van der Waals surface area contributed by atoms with E-state index in [0.29, 0.717) is 47.7 Å². The molecule has 5 nitrogen and oxygen atoms in total. The number of carbonyl (C=O) groups excluding carboxylic acids is 3. The number of Topliss-reactive ketones (excluding diaryl/α,β-unsaturated/α-hetero) is 2. The second-order valence-electron chi connectivity index (χ2n) is 5.60. The summed E-state index contributed by atoms with van der Waals surface area (Å²) in [4.78, 5) is 37.9. The van der Waals surface area contributed by atoms with Crippen LogP contribution in [-0.4, -0.2) is 28.9 Å². The number of ketones is 2. The summed E-state index contributed by atoms with van der Waals surface area (Å²) in [5, 5.41) is 0. The van der Waals surface area contributed by atoms with Gasteiger partial charge in [0.05, 0.1) is 12.1 Å². The Morgan fingerprint density at radius 1 is 1.14 bits per heavy atom. The number of hydrogen-bond donors (Lipinski definition) is 0. The van der Waals surface area contributed by atoms with E-state index in [1.54, 1.807) is 23.1 Å². The topological polar surface area (TPSA) is 67.6 Å². The highest BCUT2D eigenvalue weighted by Gasteiger charge is 2.38. The average Bonchev–Trinajstić information content (AvgIpc) is 2.91. The number of amides is 1. The van der Waals surface area contributed by atoms with E-state index in [1.807, 2.05) is 6.07 Å². The van der Waals surface area contributed by atoms with Crippen LogP contribution < -0.4 is 0 Å². The van der Waals surface area contributed by atoms with E-state index in [0.717, 1.165) is 5.56 Å². The first-order valence-corrected chi connectivity index (χ1v) is 7.16. The van der Waals surface area contributed by atoms with Crippen molar-refractivity contribution in [2.45, 2.75) is 19.9 Å². The smallest absolute Gasteiger partial charge is 0.237 e. The molecule has 1 amide bonds. The van der Waals surface area contributed by atoms with Crippen LogP contribution in [0.3, 0.4) is 0 Å². The van der Waals surface area contributed by atoms with Crippen LogP contribution in [0, 0.1) is 0 Å². The van der Waals surface area contributed by atoms with Gasteiger partial charge in [-0.15, -0.1) is 0 Å². The largest absolute Gasteiger partial charge is 0.458 e. The minimum Gasteiger partial charge on any atom is -0.458 e. The van der Waals surface area contributed by atoms with Crippen LogP contribution in [0.5, 0.6) is 0 Å². The van der Waals surface area contributed by atoms with Gasteiger partial charge in [-0.2, -0.15) is 0 Å². The number of rotatable bonds is 0. The second-order valence-corrected chi connectivity index (χ2v) is 5.60. The van der Waals surface area contributed by atoms with Gasteiger partial charge in [0, 0.05) is 30.2 Å². The third-order valence-corrected chi connectivity index (χ3v) is 4.35. The van der Waals surface area contributed by atoms with Crippen LogP contribution in [0.1, 0.15) is 39.0 Å². The van der Waals surface area contributed by atoms with Crippen LogP contribution in [0.2, 0.25) is 0 Å². The third-order valence-electron chi connectivity index (χ3n) is 4.35. The van der Waals surface area contributed by atoms with Gasteiger partial charge in [-0.05, 0) is 6.42 Å². The molecule has 1 aliphatic heterocycles. The van der Waals surface area contributed by atoms with E-state index in [9.17, 15) is 14.4 Å². The Morgan fingerprint density at radius 2 is 1.86 bits per heavy atom. The lowest BCUT2D eigenvalue weighted by Gasteiger charge is -2.24. The zero-order valence-corrected chi connectivity index (χ0v) is 12.0. The molecule has 0 bridgehead atoms. The van der Waals surface area contributed by atoms with Gasteiger partial charge >= 0.3 is 0 Å². The lowest BCUT2D eigenvalue weighted by atomic mass is 9.85. The van der Waals surface area contributed by atoms with Crippen LogP contribution in [0.25, 0.3) is 11.3 Å². The van der Waals surface area contributed by atoms with Crippen molar-refractivity contribution >= 4 is 17.5 Å². The Hall–Kier alpha value is -2.69. The third kappa shape index (κ3) is 1.62. The first-order valence-electron chi connectivity index (χ1n) is 7.16. The van der Waals surface area contributed by atoms with Crippen LogP contribution in [-0.2, 0) is 17.8 Å². The van der Waals surface area contributed by atoms with E-state index in [2.05, 4.69) is 0 Å². The Morgan fingerprint density at radius 3 is 2.59 bits per heavy atom. The van der Waals surface area contributed by atoms with Crippen molar-refractivity contribution in [3.63, 3.8) is 0 Å². The molecule has 2 aromatic rings. The van der Waals surface area contributed by atoms with E-state index >= 15 is 0 Å². The number of carbonyl (C=O) groups is 3. The minimum atomic E-state index is -0.505. The summed E-state index contributed by atoms with van der Waals surface area (Å²) in [6, 6.07) is 6.97. The summed E-state index contributed by atoms with van der Waals surface area (Å²) in [6.07, 6.45) is 0.537. The molecule has 4 rings (SSSR count). The van der Waals surface area contributed by atoms with E-state index in [-0.39, 0.29) is 5.91 Å². The molecule has 0 spiro atoms. The summed E-state index contributed by atoms with van der Waals surface area (Å²) in [5.74, 6) is 0.0680. The number of benzene rings is 1. The maximum Gasteiger partial charge on any atom is 0.237 e. The standard InChI is InChI=1S/C17H13NO4/c1-9(19)18-7-6-12-13(8-18)22-17-11-5-3-2-4-10(11)15(20)16(21)14(12)17/h2-5H,6-8H2,1H3. The quantitative estimate of drug-likeness (QED) is 0.699. The molecular weight excluding hydrogens is 282 g/mol. The summed E-state index contributed by atoms with van der Waals surface area (Å²) in [6.45, 7) is 2.40. The van der Waals surface area contributed by atoms with Gasteiger partial charge in [0.1, 0.15) is 11.5 Å². The molecule has 1 aromatic carbocycles. The van der Waals surface area contributed by atoms with Crippen molar-refractivity contribution in [2.24, 2.45) is 0 Å². The normalized spacial score (nSPS) is 16.1. The summed E-state index contributed by atoms with van der Waals surface area (Å²) >= 11 is 0. The molecule has 0 fully saturated rings. The Bertz CT molecular complexity index is 846. The van der Waals surface area contributed by atoms with Crippen LogP contribution in [0.15, 0.2) is 28.7 Å². The Balaban J connectivity index is 1.92. The monoisotopic (exact) mass is 295 g/mol. The highest BCUT2D eigenvalue weighted by atomic mass is 16.3. The molecule has 2 aliphatic rings. The molecule has 1 aromatic heterocycles. The second kappa shape index (κ2) is 4.40. The van der Waals surface area contributed by atoms with Crippen LogP contribution >= 0.6 is 0 Å². The Labute approximate surface area is 126 Å². The van der Waals surface area contributed by atoms with Gasteiger partial charge in [0.2, 0.25) is 17.5 Å². The molecule has 2 heterocycles. The number of furan rings is 1. The zero-order valence-electron chi connectivity index (χ0n) is 12.0. The molecule has 0 radical (unpaired) electrons. The van der Waals surface area contributed by atoms with Gasteiger partial charge in [0.15, 0.2) is 0 Å². The van der Waals surface area contributed by atoms with E-state index < -0.39 is 11.6 Å². The van der Waals surface area contributed by atoms with Crippen molar-refractivity contribution in [2.75, 3.05) is 6.54 Å². The molecule has 0 saturated carbocycles. The van der Waals surface area contributed by atoms with Gasteiger partial charge in [-0.25, -0.2) is 0 Å². The van der Waals surface area contributed by atoms with Crippen LogP contribution in [0.4, 0.5) is 0 Å². The first kappa shape index (κ1) is 13.0. The highest BCUT2D eigenvalue weighted by Crippen LogP contribution is 2.40. The fraction of sp³-hybridized carbons (Fsp3) is 0.235. The minimum absolute atomic E-state index is 0.0252. The average molecular weight is 295 g/mol. The molecule has 1 aliphatic carbocycles. The van der Waals surface area contributed by atoms with Gasteiger partial charge < -0.3 is 9.32 Å². The molecule has 110 valence electrons. The van der Waals surface area contributed by atoms with Crippen molar-refractivity contribution < 1.29 is 18.8 Å². The lowest BCUT2D eigenvalue weighted by molar-refractivity contribution is -0.130. The predicted molar refractivity (Wildman–Crippen MR) is 77.6 cm³/mol. The molecule has 0 saturated heterocycles. The lowest BCUT2D eigenvalue weighted by Crippen LogP contribution is -2.34. The maximum atomic E-state index is 12.4. The molecule has 0 unspecified atom stereocenters. The van der Waals surface area contributed by atoms with Gasteiger partial charge in [-0.1, -0.05) is 24.3 Å². The fourth-order valence-electron chi connectivity index (χ4n) is 3.22. The number of hydrogen-bond acceptors (Lipinski definition) is 4.